The predicted octanol–water partition coefficient (Wildman–Crippen LogP) is 3.92. The minimum atomic E-state index is -0.684. The lowest BCUT2D eigenvalue weighted by atomic mass is 9.78. The van der Waals surface area contributed by atoms with Crippen LogP contribution in [0.4, 0.5) is 0 Å². The molecule has 1 aromatic heterocycles. The third-order valence-corrected chi connectivity index (χ3v) is 6.34. The quantitative estimate of drug-likeness (QED) is 0.579. The van der Waals surface area contributed by atoms with Crippen molar-refractivity contribution in [1.82, 2.24) is 14.8 Å². The minimum Gasteiger partial charge on any atom is -0.497 e. The number of carbonyl (C=O) groups is 2. The molecule has 1 aliphatic heterocycles. The molecule has 1 aliphatic rings. The number of amides is 2. The Morgan fingerprint density at radius 3 is 2.64 bits per heavy atom. The Hall–Kier alpha value is -3.67. The van der Waals surface area contributed by atoms with Crippen LogP contribution in [0.2, 0.25) is 0 Å². The van der Waals surface area contributed by atoms with Crippen LogP contribution in [0.5, 0.6) is 5.75 Å². The molecule has 0 N–H and O–H groups in total. The van der Waals surface area contributed by atoms with Gasteiger partial charge in [0.25, 0.3) is 5.91 Å². The summed E-state index contributed by atoms with van der Waals surface area (Å²) in [6.45, 7) is 0.909. The molecular formula is C27H29N3O3. The number of benzene rings is 2. The second kappa shape index (κ2) is 9.45. The standard InChI is InChI=1S/C27H29N3O3/c1-29(2)26(32)27(17-21-8-4-5-12-24(21)22-10-7-14-28-18-22)13-15-30(19-27)25(31)20-9-6-11-23(16-20)33-3/h4-12,14,16,18H,13,15,17,19H2,1-3H3/t27-/m1/s1. The van der Waals surface area contributed by atoms with Gasteiger partial charge in [-0.25, -0.2) is 0 Å². The van der Waals surface area contributed by atoms with E-state index in [-0.39, 0.29) is 11.8 Å². The minimum absolute atomic E-state index is 0.0458. The van der Waals surface area contributed by atoms with Crippen molar-refractivity contribution < 1.29 is 14.3 Å². The van der Waals surface area contributed by atoms with Crippen LogP contribution >= 0.6 is 0 Å². The average Bonchev–Trinajstić information content (AvgIpc) is 3.29. The van der Waals surface area contributed by atoms with Gasteiger partial charge in [0.15, 0.2) is 0 Å². The molecular weight excluding hydrogens is 414 g/mol. The number of aromatic nitrogens is 1. The molecule has 1 fully saturated rings. The smallest absolute Gasteiger partial charge is 0.254 e. The Kier molecular flexibility index (Phi) is 6.45. The van der Waals surface area contributed by atoms with Crippen molar-refractivity contribution >= 4 is 11.8 Å². The first-order chi connectivity index (χ1) is 15.9. The summed E-state index contributed by atoms with van der Waals surface area (Å²) < 4.78 is 5.28. The normalized spacial score (nSPS) is 17.6. The van der Waals surface area contributed by atoms with E-state index in [0.29, 0.717) is 37.2 Å². The van der Waals surface area contributed by atoms with E-state index in [1.807, 2.05) is 42.6 Å². The zero-order valence-corrected chi connectivity index (χ0v) is 19.3. The molecule has 1 saturated heterocycles. The first kappa shape index (κ1) is 22.5. The topological polar surface area (TPSA) is 62.7 Å². The Bertz CT molecular complexity index is 1150. The number of hydrogen-bond acceptors (Lipinski definition) is 4. The molecule has 0 radical (unpaired) electrons. The van der Waals surface area contributed by atoms with Gasteiger partial charge in [0.1, 0.15) is 5.75 Å². The number of nitrogens with zero attached hydrogens (tertiary/aromatic N) is 3. The van der Waals surface area contributed by atoms with Gasteiger partial charge in [0.05, 0.1) is 12.5 Å². The van der Waals surface area contributed by atoms with E-state index in [1.54, 1.807) is 49.3 Å². The molecule has 6 nitrogen and oxygen atoms in total. The maximum atomic E-state index is 13.5. The van der Waals surface area contributed by atoms with Crippen LogP contribution < -0.4 is 4.74 Å². The largest absolute Gasteiger partial charge is 0.497 e. The molecule has 2 heterocycles. The van der Waals surface area contributed by atoms with E-state index in [1.165, 1.54) is 0 Å². The van der Waals surface area contributed by atoms with Gasteiger partial charge in [-0.3, -0.25) is 14.6 Å². The lowest BCUT2D eigenvalue weighted by Crippen LogP contribution is -2.44. The molecule has 0 saturated carbocycles. The summed E-state index contributed by atoms with van der Waals surface area (Å²) in [4.78, 5) is 34.5. The fourth-order valence-corrected chi connectivity index (χ4v) is 4.70. The second-order valence-corrected chi connectivity index (χ2v) is 8.76. The highest BCUT2D eigenvalue weighted by Crippen LogP contribution is 2.39. The zero-order valence-electron chi connectivity index (χ0n) is 19.3. The van der Waals surface area contributed by atoms with E-state index in [4.69, 9.17) is 4.74 Å². The van der Waals surface area contributed by atoms with E-state index in [9.17, 15) is 9.59 Å². The van der Waals surface area contributed by atoms with Gasteiger partial charge in [-0.2, -0.15) is 0 Å². The van der Waals surface area contributed by atoms with Crippen LogP contribution in [0.1, 0.15) is 22.3 Å². The number of hydrogen-bond donors (Lipinski definition) is 0. The molecule has 1 atom stereocenters. The lowest BCUT2D eigenvalue weighted by Gasteiger charge is -2.32. The molecule has 33 heavy (non-hydrogen) atoms. The zero-order chi connectivity index (χ0) is 23.4. The van der Waals surface area contributed by atoms with Crippen LogP contribution in [-0.2, 0) is 11.2 Å². The van der Waals surface area contributed by atoms with Crippen molar-refractivity contribution in [2.75, 3.05) is 34.3 Å². The van der Waals surface area contributed by atoms with Crippen molar-refractivity contribution in [2.45, 2.75) is 12.8 Å². The van der Waals surface area contributed by atoms with Gasteiger partial charge in [0, 0.05) is 50.7 Å². The van der Waals surface area contributed by atoms with Crippen LogP contribution in [0, 0.1) is 5.41 Å². The Morgan fingerprint density at radius 2 is 1.91 bits per heavy atom. The van der Waals surface area contributed by atoms with Gasteiger partial charge in [-0.1, -0.05) is 36.4 Å². The van der Waals surface area contributed by atoms with E-state index in [2.05, 4.69) is 17.1 Å². The first-order valence-electron chi connectivity index (χ1n) is 11.1. The van der Waals surface area contributed by atoms with Crippen LogP contribution in [0.15, 0.2) is 73.1 Å². The van der Waals surface area contributed by atoms with Crippen molar-refractivity contribution in [3.05, 3.63) is 84.2 Å². The maximum Gasteiger partial charge on any atom is 0.254 e. The summed E-state index contributed by atoms with van der Waals surface area (Å²) in [5.74, 6) is 0.605. The molecule has 0 spiro atoms. The van der Waals surface area contributed by atoms with Gasteiger partial charge in [-0.15, -0.1) is 0 Å². The highest BCUT2D eigenvalue weighted by molar-refractivity contribution is 5.96. The predicted molar refractivity (Wildman–Crippen MR) is 128 cm³/mol. The maximum absolute atomic E-state index is 13.5. The van der Waals surface area contributed by atoms with Crippen LogP contribution in [0.25, 0.3) is 11.1 Å². The first-order valence-corrected chi connectivity index (χ1v) is 11.1. The summed E-state index contributed by atoms with van der Waals surface area (Å²) in [6, 6.07) is 19.2. The third-order valence-electron chi connectivity index (χ3n) is 6.34. The number of likely N-dealkylation sites (tertiary alicyclic amines) is 1. The average molecular weight is 444 g/mol. The molecule has 4 rings (SSSR count). The number of carbonyl (C=O) groups excluding carboxylic acids is 2. The van der Waals surface area contributed by atoms with Crippen molar-refractivity contribution in [1.29, 1.82) is 0 Å². The van der Waals surface area contributed by atoms with Gasteiger partial charge < -0.3 is 14.5 Å². The van der Waals surface area contributed by atoms with Gasteiger partial charge in [0.2, 0.25) is 5.91 Å². The lowest BCUT2D eigenvalue weighted by molar-refractivity contribution is -0.138. The van der Waals surface area contributed by atoms with Gasteiger partial charge >= 0.3 is 0 Å². The number of pyridine rings is 1. The van der Waals surface area contributed by atoms with Crippen LogP contribution in [0.3, 0.4) is 0 Å². The van der Waals surface area contributed by atoms with Crippen molar-refractivity contribution in [3.8, 4) is 16.9 Å². The molecule has 0 unspecified atom stereocenters. The molecule has 6 heteroatoms. The molecule has 0 bridgehead atoms. The summed E-state index contributed by atoms with van der Waals surface area (Å²) in [7, 11) is 5.15. The fourth-order valence-electron chi connectivity index (χ4n) is 4.70. The summed E-state index contributed by atoms with van der Waals surface area (Å²) in [6.07, 6.45) is 4.76. The van der Waals surface area contributed by atoms with E-state index in [0.717, 1.165) is 16.7 Å². The number of methoxy groups -OCH3 is 1. The Labute approximate surface area is 194 Å². The molecule has 170 valence electrons. The second-order valence-electron chi connectivity index (χ2n) is 8.76. The number of rotatable bonds is 6. The Morgan fingerprint density at radius 1 is 1.09 bits per heavy atom. The Balaban J connectivity index is 1.66. The van der Waals surface area contributed by atoms with Crippen molar-refractivity contribution in [3.63, 3.8) is 0 Å². The SMILES string of the molecule is COc1cccc(C(=O)N2CC[C@](Cc3ccccc3-c3cccnc3)(C(=O)N(C)C)C2)c1. The fraction of sp³-hybridized carbons (Fsp3) is 0.296. The molecule has 0 aliphatic carbocycles. The number of ether oxygens (including phenoxy) is 1. The monoisotopic (exact) mass is 443 g/mol. The summed E-state index contributed by atoms with van der Waals surface area (Å²) in [5.41, 5.74) is 3.04. The van der Waals surface area contributed by atoms with E-state index < -0.39 is 5.41 Å². The highest BCUT2D eigenvalue weighted by Gasteiger charge is 2.47. The molecule has 2 aromatic carbocycles. The van der Waals surface area contributed by atoms with Crippen molar-refractivity contribution in [2.24, 2.45) is 5.41 Å². The molecule has 2 amide bonds. The highest BCUT2D eigenvalue weighted by atomic mass is 16.5. The van der Waals surface area contributed by atoms with E-state index >= 15 is 0 Å². The molecule has 3 aromatic rings. The summed E-state index contributed by atoms with van der Waals surface area (Å²) in [5, 5.41) is 0. The summed E-state index contributed by atoms with van der Waals surface area (Å²) >= 11 is 0. The van der Waals surface area contributed by atoms with Gasteiger partial charge in [-0.05, 0) is 48.2 Å². The van der Waals surface area contributed by atoms with Crippen LogP contribution in [-0.4, -0.2) is 60.9 Å². The third kappa shape index (κ3) is 4.60.